The van der Waals surface area contributed by atoms with Gasteiger partial charge in [-0.25, -0.2) is 0 Å². The van der Waals surface area contributed by atoms with Crippen LogP contribution in [0.2, 0.25) is 0 Å². The Bertz CT molecular complexity index is 245. The molecule has 0 rings (SSSR count). The van der Waals surface area contributed by atoms with E-state index in [1.807, 2.05) is 0 Å². The minimum absolute atomic E-state index is 0. The first kappa shape index (κ1) is 28.6. The van der Waals surface area contributed by atoms with E-state index in [4.69, 9.17) is 5.11 Å². The van der Waals surface area contributed by atoms with Crippen molar-refractivity contribution in [2.75, 3.05) is 0 Å². The summed E-state index contributed by atoms with van der Waals surface area (Å²) in [6.07, 6.45) is 21.2. The summed E-state index contributed by atoms with van der Waals surface area (Å²) in [6.45, 7) is 2.26. The van der Waals surface area contributed by atoms with Crippen molar-refractivity contribution in [3.8, 4) is 0 Å². The van der Waals surface area contributed by atoms with E-state index in [-0.39, 0.29) is 79.6 Å². The van der Waals surface area contributed by atoms with E-state index in [0.717, 1.165) is 12.8 Å². The number of hydrogen-bond donors (Lipinski definition) is 1. The van der Waals surface area contributed by atoms with E-state index in [0.29, 0.717) is 6.42 Å². The molecular formula is C18H34O2YYb. The Morgan fingerprint density at radius 1 is 0.773 bits per heavy atom. The SMILES string of the molecule is CCCCCCCC/C=C\CCCCCCCC(=O)O.[Y].[Yb]. The molecule has 0 atom stereocenters. The van der Waals surface area contributed by atoms with Crippen LogP contribution in [0.3, 0.4) is 0 Å². The molecule has 0 heterocycles. The summed E-state index contributed by atoms with van der Waals surface area (Å²) in [7, 11) is 0. The van der Waals surface area contributed by atoms with Gasteiger partial charge in [0.25, 0.3) is 0 Å². The number of carbonyl (C=O) groups is 1. The van der Waals surface area contributed by atoms with E-state index < -0.39 is 5.97 Å². The summed E-state index contributed by atoms with van der Waals surface area (Å²) in [5.74, 6) is -0.664. The van der Waals surface area contributed by atoms with E-state index in [1.54, 1.807) is 0 Å². The third-order valence-electron chi connectivity index (χ3n) is 3.65. The van der Waals surface area contributed by atoms with Crippen molar-refractivity contribution in [1.29, 1.82) is 0 Å². The van der Waals surface area contributed by atoms with Crippen LogP contribution in [-0.4, -0.2) is 11.1 Å². The summed E-state index contributed by atoms with van der Waals surface area (Å²) < 4.78 is 0. The van der Waals surface area contributed by atoms with Gasteiger partial charge in [-0.05, 0) is 32.1 Å². The Hall–Kier alpha value is 1.83. The molecule has 0 saturated heterocycles. The van der Waals surface area contributed by atoms with Gasteiger partial charge in [0.2, 0.25) is 0 Å². The van der Waals surface area contributed by atoms with Crippen LogP contribution in [-0.2, 0) is 37.5 Å². The summed E-state index contributed by atoms with van der Waals surface area (Å²) in [5.41, 5.74) is 0. The average molecular weight is 544 g/mol. The predicted octanol–water partition coefficient (Wildman–Crippen LogP) is 6.11. The molecule has 0 fully saturated rings. The van der Waals surface area contributed by atoms with Crippen LogP contribution in [0.25, 0.3) is 0 Å². The standard InChI is InChI=1S/C18H34O2.Y.Yb/c1-2-3-4-5-6-7-8-9-10-11-12-13-14-15-16-17-18(19)20;;/h9-10H,2-8,11-17H2,1H3,(H,19,20);;/b10-9-;;. The van der Waals surface area contributed by atoms with Crippen LogP contribution in [0.5, 0.6) is 0 Å². The van der Waals surface area contributed by atoms with E-state index >= 15 is 0 Å². The minimum atomic E-state index is -0.664. The molecule has 0 aliphatic rings. The van der Waals surface area contributed by atoms with Crippen molar-refractivity contribution in [3.63, 3.8) is 0 Å². The summed E-state index contributed by atoms with van der Waals surface area (Å²) in [4.78, 5) is 10.3. The molecule has 0 aliphatic heterocycles. The average Bonchev–Trinajstić information content (AvgIpc) is 2.43. The first-order valence-electron chi connectivity index (χ1n) is 8.64. The molecule has 0 aromatic heterocycles. The molecule has 0 unspecified atom stereocenters. The number of rotatable bonds is 15. The Balaban J connectivity index is -0.00000180. The van der Waals surface area contributed by atoms with Gasteiger partial charge in [0, 0.05) is 86.1 Å². The first-order valence-corrected chi connectivity index (χ1v) is 8.64. The molecule has 0 aromatic carbocycles. The number of aliphatic carboxylic acids is 1. The van der Waals surface area contributed by atoms with Crippen LogP contribution < -0.4 is 0 Å². The third-order valence-corrected chi connectivity index (χ3v) is 3.65. The molecule has 0 spiro atoms. The van der Waals surface area contributed by atoms with Gasteiger partial charge >= 0.3 is 5.97 Å². The molecule has 0 bridgehead atoms. The summed E-state index contributed by atoms with van der Waals surface area (Å²) >= 11 is 0. The van der Waals surface area contributed by atoms with Crippen molar-refractivity contribution in [2.45, 2.75) is 96.8 Å². The molecule has 1 radical (unpaired) electrons. The number of hydrogen-bond acceptors (Lipinski definition) is 1. The first-order chi connectivity index (χ1) is 9.77. The van der Waals surface area contributed by atoms with Gasteiger partial charge in [0.1, 0.15) is 0 Å². The number of allylic oxidation sites excluding steroid dienone is 2. The monoisotopic (exact) mass is 545 g/mol. The van der Waals surface area contributed by atoms with Crippen molar-refractivity contribution in [3.05, 3.63) is 12.2 Å². The van der Waals surface area contributed by atoms with Crippen molar-refractivity contribution < 1.29 is 89.5 Å². The largest absolute Gasteiger partial charge is 0.481 e. The zero-order valence-corrected chi connectivity index (χ0v) is 18.8. The zero-order valence-electron chi connectivity index (χ0n) is 14.3. The van der Waals surface area contributed by atoms with Gasteiger partial charge in [-0.15, -0.1) is 0 Å². The summed E-state index contributed by atoms with van der Waals surface area (Å²) in [5, 5.41) is 8.51. The zero-order chi connectivity index (χ0) is 14.9. The van der Waals surface area contributed by atoms with Crippen LogP contribution in [0.1, 0.15) is 96.8 Å². The molecule has 2 nitrogen and oxygen atoms in total. The van der Waals surface area contributed by atoms with Crippen LogP contribution in [0.15, 0.2) is 12.2 Å². The van der Waals surface area contributed by atoms with Gasteiger partial charge in [-0.2, -0.15) is 0 Å². The maximum absolute atomic E-state index is 10.3. The molecule has 22 heavy (non-hydrogen) atoms. The Labute approximate surface area is 201 Å². The van der Waals surface area contributed by atoms with Gasteiger partial charge < -0.3 is 5.11 Å². The van der Waals surface area contributed by atoms with Crippen LogP contribution >= 0.6 is 0 Å². The van der Waals surface area contributed by atoms with Crippen LogP contribution in [0.4, 0.5) is 0 Å². The van der Waals surface area contributed by atoms with Crippen molar-refractivity contribution in [2.24, 2.45) is 0 Å². The van der Waals surface area contributed by atoms with Crippen molar-refractivity contribution in [1.82, 2.24) is 0 Å². The molecule has 135 valence electrons. The smallest absolute Gasteiger partial charge is 0.303 e. The fourth-order valence-electron chi connectivity index (χ4n) is 2.35. The van der Waals surface area contributed by atoms with Crippen molar-refractivity contribution >= 4 is 5.97 Å². The van der Waals surface area contributed by atoms with Gasteiger partial charge in [-0.1, -0.05) is 70.4 Å². The summed E-state index contributed by atoms with van der Waals surface area (Å²) in [6, 6.07) is 0. The maximum Gasteiger partial charge on any atom is 0.303 e. The second kappa shape index (κ2) is 25.1. The van der Waals surface area contributed by atoms with E-state index in [2.05, 4.69) is 19.1 Å². The minimum Gasteiger partial charge on any atom is -0.481 e. The van der Waals surface area contributed by atoms with Crippen LogP contribution in [0, 0.1) is 46.9 Å². The molecule has 0 saturated carbocycles. The van der Waals surface area contributed by atoms with Gasteiger partial charge in [0.05, 0.1) is 0 Å². The molecule has 0 amide bonds. The predicted molar refractivity (Wildman–Crippen MR) is 87.1 cm³/mol. The second-order valence-corrected chi connectivity index (χ2v) is 5.73. The topological polar surface area (TPSA) is 37.3 Å². The second-order valence-electron chi connectivity index (χ2n) is 5.73. The molecular weight excluding hydrogens is 510 g/mol. The molecule has 1 N–H and O–H groups in total. The fraction of sp³-hybridized carbons (Fsp3) is 0.833. The Morgan fingerprint density at radius 2 is 1.18 bits per heavy atom. The fourth-order valence-corrected chi connectivity index (χ4v) is 2.35. The molecule has 0 aromatic rings. The molecule has 4 heteroatoms. The number of carboxylic acid groups (broad SMARTS) is 1. The maximum atomic E-state index is 10.3. The van der Waals surface area contributed by atoms with Gasteiger partial charge in [-0.3, -0.25) is 4.79 Å². The Kier molecular flexibility index (Phi) is 32.6. The molecule has 0 aliphatic carbocycles. The normalized spacial score (nSPS) is 10.2. The quantitative estimate of drug-likeness (QED) is 0.200. The number of unbranched alkanes of at least 4 members (excludes halogenated alkanes) is 11. The Morgan fingerprint density at radius 3 is 1.64 bits per heavy atom. The number of carboxylic acids is 1. The third kappa shape index (κ3) is 26.7. The van der Waals surface area contributed by atoms with E-state index in [9.17, 15) is 4.79 Å². The van der Waals surface area contributed by atoms with Gasteiger partial charge in [0.15, 0.2) is 0 Å². The van der Waals surface area contributed by atoms with E-state index in [1.165, 1.54) is 70.6 Å².